The van der Waals surface area contributed by atoms with Crippen molar-refractivity contribution in [2.24, 2.45) is 0 Å². The Morgan fingerprint density at radius 3 is 2.67 bits per heavy atom. The van der Waals surface area contributed by atoms with Crippen LogP contribution in [0.4, 0.5) is 0 Å². The van der Waals surface area contributed by atoms with Crippen molar-refractivity contribution in [2.45, 2.75) is 26.8 Å². The fourth-order valence-corrected chi connectivity index (χ4v) is 2.28. The van der Waals surface area contributed by atoms with Gasteiger partial charge in [0.15, 0.2) is 0 Å². The van der Waals surface area contributed by atoms with Gasteiger partial charge < -0.3 is 5.32 Å². The summed E-state index contributed by atoms with van der Waals surface area (Å²) >= 11 is 6.25. The van der Waals surface area contributed by atoms with E-state index in [0.29, 0.717) is 5.02 Å². The van der Waals surface area contributed by atoms with Crippen molar-refractivity contribution in [1.29, 1.82) is 0 Å². The normalized spacial score (nSPS) is 12.7. The molecule has 0 amide bonds. The van der Waals surface area contributed by atoms with Crippen molar-refractivity contribution in [2.75, 3.05) is 7.05 Å². The summed E-state index contributed by atoms with van der Waals surface area (Å²) in [5.74, 6) is 0. The summed E-state index contributed by atoms with van der Waals surface area (Å²) in [5, 5.41) is 12.3. The van der Waals surface area contributed by atoms with Crippen LogP contribution in [-0.2, 0) is 0 Å². The zero-order valence-corrected chi connectivity index (χ0v) is 11.8. The average molecular weight is 265 g/mol. The predicted molar refractivity (Wildman–Crippen MR) is 73.3 cm³/mol. The van der Waals surface area contributed by atoms with Crippen LogP contribution < -0.4 is 5.32 Å². The Balaban J connectivity index is 2.56. The van der Waals surface area contributed by atoms with Crippen molar-refractivity contribution in [3.8, 4) is 5.69 Å². The Bertz CT molecular complexity index is 542. The van der Waals surface area contributed by atoms with E-state index in [1.165, 1.54) is 0 Å². The first kappa shape index (κ1) is 13.1. The summed E-state index contributed by atoms with van der Waals surface area (Å²) < 4.78 is 1.81. The second kappa shape index (κ2) is 5.08. The predicted octanol–water partition coefficient (Wildman–Crippen LogP) is 2.82. The minimum Gasteiger partial charge on any atom is -0.312 e. The molecule has 2 aromatic rings. The highest BCUT2D eigenvalue weighted by Crippen LogP contribution is 2.26. The maximum atomic E-state index is 6.25. The summed E-state index contributed by atoms with van der Waals surface area (Å²) in [6, 6.07) is 5.99. The minimum atomic E-state index is 0.168. The van der Waals surface area contributed by atoms with E-state index in [-0.39, 0.29) is 6.04 Å². The van der Waals surface area contributed by atoms with Crippen molar-refractivity contribution in [3.63, 3.8) is 0 Å². The van der Waals surface area contributed by atoms with Gasteiger partial charge in [-0.05, 0) is 39.4 Å². The average Bonchev–Trinajstić information content (AvgIpc) is 2.71. The Kier molecular flexibility index (Phi) is 3.68. The third-order valence-corrected chi connectivity index (χ3v) is 3.48. The number of para-hydroxylation sites is 1. The largest absolute Gasteiger partial charge is 0.312 e. The third-order valence-electron chi connectivity index (χ3n) is 3.17. The van der Waals surface area contributed by atoms with Gasteiger partial charge in [-0.3, -0.25) is 0 Å². The van der Waals surface area contributed by atoms with Gasteiger partial charge in [0.05, 0.1) is 22.4 Å². The number of hydrogen-bond acceptors (Lipinski definition) is 3. The Morgan fingerprint density at radius 2 is 2.06 bits per heavy atom. The Morgan fingerprint density at radius 1 is 1.33 bits per heavy atom. The number of nitrogens with one attached hydrogen (secondary N) is 1. The molecular formula is C13H17ClN4. The van der Waals surface area contributed by atoms with Gasteiger partial charge >= 0.3 is 0 Å². The smallest absolute Gasteiger partial charge is 0.103 e. The molecular weight excluding hydrogens is 248 g/mol. The van der Waals surface area contributed by atoms with E-state index in [2.05, 4.69) is 22.6 Å². The van der Waals surface area contributed by atoms with E-state index in [1.807, 2.05) is 39.1 Å². The molecule has 1 atom stereocenters. The molecule has 1 N–H and O–H groups in total. The van der Waals surface area contributed by atoms with Crippen molar-refractivity contribution in [3.05, 3.63) is 40.2 Å². The highest BCUT2D eigenvalue weighted by atomic mass is 35.5. The standard InChI is InChI=1S/C13H17ClN4/c1-8-6-5-7-11(14)13(8)18-10(3)12(16-17-18)9(2)15-4/h5-7,9,15H,1-4H3. The SMILES string of the molecule is CNC(C)c1nnn(-c2c(C)cccc2Cl)c1C. The Hall–Kier alpha value is -1.39. The highest BCUT2D eigenvalue weighted by Gasteiger charge is 2.17. The number of rotatable bonds is 3. The Labute approximate surface area is 112 Å². The van der Waals surface area contributed by atoms with Gasteiger partial charge in [-0.25, -0.2) is 4.68 Å². The van der Waals surface area contributed by atoms with Crippen molar-refractivity contribution in [1.82, 2.24) is 20.3 Å². The second-order valence-electron chi connectivity index (χ2n) is 4.39. The lowest BCUT2D eigenvalue weighted by molar-refractivity contribution is 0.627. The van der Waals surface area contributed by atoms with Crippen LogP contribution in [0.15, 0.2) is 18.2 Å². The summed E-state index contributed by atoms with van der Waals surface area (Å²) in [5.41, 5.74) is 3.93. The molecule has 1 heterocycles. The molecule has 1 aromatic carbocycles. The van der Waals surface area contributed by atoms with E-state index in [1.54, 1.807) is 4.68 Å². The molecule has 4 nitrogen and oxygen atoms in total. The van der Waals surface area contributed by atoms with E-state index in [4.69, 9.17) is 11.6 Å². The first-order valence-electron chi connectivity index (χ1n) is 5.91. The maximum Gasteiger partial charge on any atom is 0.103 e. The van der Waals surface area contributed by atoms with E-state index < -0.39 is 0 Å². The summed E-state index contributed by atoms with van der Waals surface area (Å²) in [6.07, 6.45) is 0. The molecule has 5 heteroatoms. The van der Waals surface area contributed by atoms with Crippen LogP contribution >= 0.6 is 11.6 Å². The monoisotopic (exact) mass is 264 g/mol. The van der Waals surface area contributed by atoms with Crippen molar-refractivity contribution < 1.29 is 0 Å². The number of nitrogens with zero attached hydrogens (tertiary/aromatic N) is 3. The van der Waals surface area contributed by atoms with E-state index in [0.717, 1.165) is 22.6 Å². The van der Waals surface area contributed by atoms with Crippen molar-refractivity contribution >= 4 is 11.6 Å². The molecule has 0 aliphatic rings. The van der Waals surface area contributed by atoms with Crippen LogP contribution in [0.25, 0.3) is 5.69 Å². The molecule has 0 saturated carbocycles. The van der Waals surface area contributed by atoms with Gasteiger partial charge in [0.2, 0.25) is 0 Å². The van der Waals surface area contributed by atoms with Crippen LogP contribution in [0.1, 0.15) is 29.9 Å². The minimum absolute atomic E-state index is 0.168. The quantitative estimate of drug-likeness (QED) is 0.927. The molecule has 0 bridgehead atoms. The maximum absolute atomic E-state index is 6.25. The molecule has 0 radical (unpaired) electrons. The lowest BCUT2D eigenvalue weighted by Gasteiger charge is -2.11. The van der Waals surface area contributed by atoms with Crippen LogP contribution in [-0.4, -0.2) is 22.0 Å². The molecule has 0 spiro atoms. The first-order valence-corrected chi connectivity index (χ1v) is 6.29. The zero-order chi connectivity index (χ0) is 13.3. The number of benzene rings is 1. The highest BCUT2D eigenvalue weighted by molar-refractivity contribution is 6.32. The fourth-order valence-electron chi connectivity index (χ4n) is 1.98. The molecule has 2 rings (SSSR count). The molecule has 18 heavy (non-hydrogen) atoms. The molecule has 1 aromatic heterocycles. The molecule has 0 saturated heterocycles. The van der Waals surface area contributed by atoms with Gasteiger partial charge in [-0.2, -0.15) is 0 Å². The van der Waals surface area contributed by atoms with Crippen LogP contribution in [0, 0.1) is 13.8 Å². The van der Waals surface area contributed by atoms with Crippen LogP contribution in [0.5, 0.6) is 0 Å². The molecule has 0 fully saturated rings. The summed E-state index contributed by atoms with van der Waals surface area (Å²) in [4.78, 5) is 0. The summed E-state index contributed by atoms with van der Waals surface area (Å²) in [6.45, 7) is 6.08. The van der Waals surface area contributed by atoms with E-state index >= 15 is 0 Å². The first-order chi connectivity index (χ1) is 8.56. The number of aryl methyl sites for hydroxylation is 1. The molecule has 1 unspecified atom stereocenters. The van der Waals surface area contributed by atoms with Gasteiger partial charge in [0.1, 0.15) is 5.69 Å². The fraction of sp³-hybridized carbons (Fsp3) is 0.385. The third kappa shape index (κ3) is 2.13. The van der Waals surface area contributed by atoms with Gasteiger partial charge in [-0.1, -0.05) is 28.9 Å². The van der Waals surface area contributed by atoms with Crippen LogP contribution in [0.3, 0.4) is 0 Å². The molecule has 0 aliphatic carbocycles. The number of aromatic nitrogens is 3. The topological polar surface area (TPSA) is 42.7 Å². The number of halogens is 1. The summed E-state index contributed by atoms with van der Waals surface area (Å²) in [7, 11) is 1.91. The second-order valence-corrected chi connectivity index (χ2v) is 4.79. The van der Waals surface area contributed by atoms with Gasteiger partial charge in [0, 0.05) is 0 Å². The lowest BCUT2D eigenvalue weighted by Crippen LogP contribution is -2.14. The molecule has 96 valence electrons. The zero-order valence-electron chi connectivity index (χ0n) is 11.0. The van der Waals surface area contributed by atoms with Gasteiger partial charge in [0.25, 0.3) is 0 Å². The number of hydrogen-bond donors (Lipinski definition) is 1. The van der Waals surface area contributed by atoms with Gasteiger partial charge in [-0.15, -0.1) is 5.10 Å². The van der Waals surface area contributed by atoms with Crippen LogP contribution in [0.2, 0.25) is 5.02 Å². The van der Waals surface area contributed by atoms with E-state index in [9.17, 15) is 0 Å². The lowest BCUT2D eigenvalue weighted by atomic mass is 10.1. The molecule has 0 aliphatic heterocycles.